The highest BCUT2D eigenvalue weighted by molar-refractivity contribution is 5.15. The van der Waals surface area contributed by atoms with E-state index in [1.807, 2.05) is 54.6 Å². The van der Waals surface area contributed by atoms with Crippen molar-refractivity contribution in [3.8, 4) is 0 Å². The average Bonchev–Trinajstić information content (AvgIpc) is 3.19. The maximum atomic E-state index is 9.67. The molecule has 174 valence electrons. The largest absolute Gasteiger partial charge is 0.395 e. The minimum absolute atomic E-state index is 0.00495. The molecule has 0 amide bonds. The lowest BCUT2D eigenvalue weighted by atomic mass is 10.1. The molecule has 1 aliphatic heterocycles. The summed E-state index contributed by atoms with van der Waals surface area (Å²) in [5.74, 6) is 0. The Labute approximate surface area is 196 Å². The van der Waals surface area contributed by atoms with Crippen molar-refractivity contribution >= 4 is 0 Å². The maximum absolute atomic E-state index is 9.67. The van der Waals surface area contributed by atoms with Gasteiger partial charge in [0.15, 0.2) is 0 Å². The maximum Gasteiger partial charge on any atom is 0.103 e. The van der Waals surface area contributed by atoms with Gasteiger partial charge in [-0.15, -0.1) is 0 Å². The summed E-state index contributed by atoms with van der Waals surface area (Å²) in [6, 6.07) is 30.6. The highest BCUT2D eigenvalue weighted by Crippen LogP contribution is 2.26. The molecule has 0 radical (unpaired) electrons. The lowest BCUT2D eigenvalue weighted by Crippen LogP contribution is -2.42. The molecule has 1 aliphatic rings. The molecule has 33 heavy (non-hydrogen) atoms. The summed E-state index contributed by atoms with van der Waals surface area (Å²) in [5.41, 5.74) is 3.41. The van der Waals surface area contributed by atoms with Crippen LogP contribution in [0.3, 0.4) is 0 Å². The van der Waals surface area contributed by atoms with Gasteiger partial charge in [0.1, 0.15) is 6.10 Å². The van der Waals surface area contributed by atoms with E-state index < -0.39 is 0 Å². The predicted octanol–water partition coefficient (Wildman–Crippen LogP) is 4.05. The molecule has 0 spiro atoms. The molecule has 0 aromatic heterocycles. The van der Waals surface area contributed by atoms with E-state index in [2.05, 4.69) is 41.3 Å². The quantitative estimate of drug-likeness (QED) is 0.454. The van der Waals surface area contributed by atoms with E-state index in [4.69, 9.17) is 14.2 Å². The third kappa shape index (κ3) is 6.97. The Morgan fingerprint density at radius 1 is 0.697 bits per heavy atom. The fourth-order valence-electron chi connectivity index (χ4n) is 4.29. The van der Waals surface area contributed by atoms with Crippen molar-refractivity contribution in [2.45, 2.75) is 38.1 Å². The van der Waals surface area contributed by atoms with Crippen LogP contribution >= 0.6 is 0 Å². The Hall–Kier alpha value is -2.54. The van der Waals surface area contributed by atoms with Crippen LogP contribution in [0.25, 0.3) is 0 Å². The fraction of sp³-hybridized carbons (Fsp3) is 0.357. The topological polar surface area (TPSA) is 51.2 Å². The van der Waals surface area contributed by atoms with Crippen LogP contribution in [0.15, 0.2) is 91.0 Å². The second-order valence-electron chi connectivity index (χ2n) is 8.38. The monoisotopic (exact) mass is 447 g/mol. The van der Waals surface area contributed by atoms with Crippen molar-refractivity contribution in [3.05, 3.63) is 108 Å². The third-order valence-corrected chi connectivity index (χ3v) is 6.01. The Morgan fingerprint density at radius 2 is 1.21 bits per heavy atom. The number of hydrogen-bond donors (Lipinski definition) is 1. The molecule has 1 N–H and O–H groups in total. The predicted molar refractivity (Wildman–Crippen MR) is 129 cm³/mol. The van der Waals surface area contributed by atoms with Gasteiger partial charge in [0, 0.05) is 13.1 Å². The number of aliphatic hydroxyl groups excluding tert-OH is 1. The van der Waals surface area contributed by atoms with Gasteiger partial charge in [0.25, 0.3) is 0 Å². The van der Waals surface area contributed by atoms with Gasteiger partial charge < -0.3 is 19.3 Å². The van der Waals surface area contributed by atoms with Crippen LogP contribution in [0.1, 0.15) is 16.7 Å². The molecule has 3 aromatic carbocycles. The van der Waals surface area contributed by atoms with E-state index in [0.29, 0.717) is 39.5 Å². The number of likely N-dealkylation sites (tertiary alicyclic amines) is 1. The summed E-state index contributed by atoms with van der Waals surface area (Å²) in [7, 11) is 0. The Kier molecular flexibility index (Phi) is 9.04. The molecule has 0 unspecified atom stereocenters. The van der Waals surface area contributed by atoms with Gasteiger partial charge in [-0.1, -0.05) is 91.0 Å². The Bertz CT molecular complexity index is 922. The molecule has 3 aromatic rings. The van der Waals surface area contributed by atoms with Gasteiger partial charge in [0.05, 0.1) is 45.2 Å². The van der Waals surface area contributed by atoms with Gasteiger partial charge in [-0.05, 0) is 16.7 Å². The molecule has 0 bridgehead atoms. The SMILES string of the molecule is OCCN1C[C@H](OCc2ccccc2)[C@H](OCc2ccccc2)[C@@H]1COCc1ccccc1. The lowest BCUT2D eigenvalue weighted by molar-refractivity contribution is -0.0819. The zero-order valence-electron chi connectivity index (χ0n) is 19.0. The number of aliphatic hydroxyl groups is 1. The second kappa shape index (κ2) is 12.6. The van der Waals surface area contributed by atoms with Crippen LogP contribution in [-0.4, -0.2) is 54.6 Å². The van der Waals surface area contributed by atoms with Crippen LogP contribution in [0, 0.1) is 0 Å². The first-order chi connectivity index (χ1) is 16.3. The lowest BCUT2D eigenvalue weighted by Gasteiger charge is -2.28. The Balaban J connectivity index is 1.44. The number of hydrogen-bond acceptors (Lipinski definition) is 5. The number of rotatable bonds is 12. The van der Waals surface area contributed by atoms with E-state index in [-0.39, 0.29) is 24.9 Å². The van der Waals surface area contributed by atoms with E-state index in [9.17, 15) is 5.11 Å². The van der Waals surface area contributed by atoms with Crippen LogP contribution < -0.4 is 0 Å². The Morgan fingerprint density at radius 3 is 1.76 bits per heavy atom. The summed E-state index contributed by atoms with van der Waals surface area (Å²) < 4.78 is 18.9. The van der Waals surface area contributed by atoms with Gasteiger partial charge in [-0.3, -0.25) is 4.90 Å². The first kappa shape index (κ1) is 23.6. The van der Waals surface area contributed by atoms with E-state index >= 15 is 0 Å². The molecule has 1 saturated heterocycles. The molecule has 0 saturated carbocycles. The molecule has 1 fully saturated rings. The molecule has 1 heterocycles. The van der Waals surface area contributed by atoms with Crippen molar-refractivity contribution in [2.24, 2.45) is 0 Å². The van der Waals surface area contributed by atoms with Gasteiger partial charge in [-0.25, -0.2) is 0 Å². The van der Waals surface area contributed by atoms with Gasteiger partial charge in [-0.2, -0.15) is 0 Å². The number of nitrogens with zero attached hydrogens (tertiary/aromatic N) is 1. The molecule has 5 nitrogen and oxygen atoms in total. The third-order valence-electron chi connectivity index (χ3n) is 6.01. The first-order valence-corrected chi connectivity index (χ1v) is 11.6. The van der Waals surface area contributed by atoms with Gasteiger partial charge >= 0.3 is 0 Å². The fourth-order valence-corrected chi connectivity index (χ4v) is 4.29. The van der Waals surface area contributed by atoms with Gasteiger partial charge in [0.2, 0.25) is 0 Å². The van der Waals surface area contributed by atoms with Crippen LogP contribution in [0.4, 0.5) is 0 Å². The summed E-state index contributed by atoms with van der Waals surface area (Å²) >= 11 is 0. The highest BCUT2D eigenvalue weighted by atomic mass is 16.5. The standard InChI is InChI=1S/C28H33NO4/c30-17-16-29-18-27(32-20-24-12-6-2-7-13-24)28(33-21-25-14-8-3-9-15-25)26(29)22-31-19-23-10-4-1-5-11-23/h1-15,26-28,30H,16-22H2/t26-,27-,28+/m0/s1. The van der Waals surface area contributed by atoms with Crippen molar-refractivity contribution in [1.29, 1.82) is 0 Å². The van der Waals surface area contributed by atoms with Crippen molar-refractivity contribution in [2.75, 3.05) is 26.3 Å². The van der Waals surface area contributed by atoms with E-state index in [1.165, 1.54) is 0 Å². The molecular formula is C28H33NO4. The normalized spacial score (nSPS) is 20.8. The number of ether oxygens (including phenoxy) is 3. The van der Waals surface area contributed by atoms with E-state index in [1.54, 1.807) is 0 Å². The number of β-amino-alcohol motifs (C(OH)–C–C–N with tert-alkyl or cyclic N) is 1. The molecule has 0 aliphatic carbocycles. The van der Waals surface area contributed by atoms with Crippen LogP contribution in [0.5, 0.6) is 0 Å². The summed E-state index contributed by atoms with van der Waals surface area (Å²) in [6.07, 6.45) is -0.262. The molecular weight excluding hydrogens is 414 g/mol. The van der Waals surface area contributed by atoms with Crippen LogP contribution in [0.2, 0.25) is 0 Å². The minimum Gasteiger partial charge on any atom is -0.395 e. The summed E-state index contributed by atoms with van der Waals surface area (Å²) in [4.78, 5) is 2.23. The zero-order valence-corrected chi connectivity index (χ0v) is 19.0. The van der Waals surface area contributed by atoms with Crippen LogP contribution in [-0.2, 0) is 34.0 Å². The van der Waals surface area contributed by atoms with Crippen molar-refractivity contribution in [3.63, 3.8) is 0 Å². The van der Waals surface area contributed by atoms with Crippen molar-refractivity contribution < 1.29 is 19.3 Å². The molecule has 5 heteroatoms. The smallest absolute Gasteiger partial charge is 0.103 e. The molecule has 4 rings (SSSR count). The van der Waals surface area contributed by atoms with E-state index in [0.717, 1.165) is 16.7 Å². The highest BCUT2D eigenvalue weighted by Gasteiger charge is 2.43. The summed E-state index contributed by atoms with van der Waals surface area (Å²) in [5, 5.41) is 9.67. The second-order valence-corrected chi connectivity index (χ2v) is 8.38. The van der Waals surface area contributed by atoms with Crippen molar-refractivity contribution in [1.82, 2.24) is 4.90 Å². The molecule has 3 atom stereocenters. The number of benzene rings is 3. The zero-order chi connectivity index (χ0) is 22.7. The minimum atomic E-state index is -0.156. The summed E-state index contributed by atoms with van der Waals surface area (Å²) in [6.45, 7) is 3.46. The average molecular weight is 448 g/mol. The first-order valence-electron chi connectivity index (χ1n) is 11.6.